The molecular weight excluding hydrogens is 370 g/mol. The third-order valence-electron chi connectivity index (χ3n) is 4.65. The van der Waals surface area contributed by atoms with Crippen molar-refractivity contribution in [2.75, 3.05) is 20.3 Å². The molecule has 7 heteroatoms. The van der Waals surface area contributed by atoms with Crippen molar-refractivity contribution >= 4 is 28.5 Å². The molecule has 4 rings (SSSR count). The van der Waals surface area contributed by atoms with Gasteiger partial charge in [-0.25, -0.2) is 0 Å². The summed E-state index contributed by atoms with van der Waals surface area (Å²) in [6.45, 7) is 0.574. The predicted octanol–water partition coefficient (Wildman–Crippen LogP) is 3.34. The first-order chi connectivity index (χ1) is 13.0. The van der Waals surface area contributed by atoms with Crippen LogP contribution in [0.1, 0.15) is 27.7 Å². The molecule has 1 N–H and O–H groups in total. The summed E-state index contributed by atoms with van der Waals surface area (Å²) in [5.41, 5.74) is 0.860. The van der Waals surface area contributed by atoms with Gasteiger partial charge in [0.25, 0.3) is 5.91 Å². The summed E-state index contributed by atoms with van der Waals surface area (Å²) >= 11 is 6.03. The van der Waals surface area contributed by atoms with Crippen molar-refractivity contribution in [3.63, 3.8) is 0 Å². The summed E-state index contributed by atoms with van der Waals surface area (Å²) in [4.78, 5) is 27.7. The number of rotatable bonds is 4. The van der Waals surface area contributed by atoms with Crippen LogP contribution in [0.3, 0.4) is 0 Å². The van der Waals surface area contributed by atoms with Gasteiger partial charge in [0, 0.05) is 18.7 Å². The SMILES string of the molecule is COCCN1C(=O)c2oc3ccc(Cl)cc3c(=O)c2C1c1cccc(O)c1. The molecule has 0 aliphatic carbocycles. The van der Waals surface area contributed by atoms with Gasteiger partial charge in [-0.3, -0.25) is 9.59 Å². The highest BCUT2D eigenvalue weighted by atomic mass is 35.5. The van der Waals surface area contributed by atoms with E-state index >= 15 is 0 Å². The van der Waals surface area contributed by atoms with Crippen molar-refractivity contribution < 1.29 is 19.1 Å². The van der Waals surface area contributed by atoms with E-state index in [2.05, 4.69) is 0 Å². The number of phenols is 1. The third-order valence-corrected chi connectivity index (χ3v) is 4.89. The van der Waals surface area contributed by atoms with Crippen LogP contribution in [0.2, 0.25) is 5.02 Å². The van der Waals surface area contributed by atoms with Crippen LogP contribution in [0.4, 0.5) is 0 Å². The van der Waals surface area contributed by atoms with E-state index in [0.717, 1.165) is 0 Å². The second-order valence-corrected chi connectivity index (χ2v) is 6.74. The highest BCUT2D eigenvalue weighted by Crippen LogP contribution is 2.38. The molecule has 0 saturated heterocycles. The van der Waals surface area contributed by atoms with E-state index in [4.69, 9.17) is 20.8 Å². The fourth-order valence-electron chi connectivity index (χ4n) is 3.45. The fourth-order valence-corrected chi connectivity index (χ4v) is 3.63. The number of ether oxygens (including phenoxy) is 1. The van der Waals surface area contributed by atoms with Crippen LogP contribution in [0, 0.1) is 0 Å². The average molecular weight is 386 g/mol. The van der Waals surface area contributed by atoms with Gasteiger partial charge in [-0.1, -0.05) is 23.7 Å². The number of carbonyl (C=O) groups is 1. The minimum Gasteiger partial charge on any atom is -0.508 e. The average Bonchev–Trinajstić information content (AvgIpc) is 2.93. The Labute approximate surface area is 159 Å². The molecular formula is C20H16ClNO5. The standard InChI is InChI=1S/C20H16ClNO5/c1-26-8-7-22-17(11-3-2-4-13(23)9-11)16-18(24)14-10-12(21)5-6-15(14)27-19(16)20(22)25/h2-6,9-10,17,23H,7-8H2,1H3. The van der Waals surface area contributed by atoms with Gasteiger partial charge < -0.3 is 19.2 Å². The van der Waals surface area contributed by atoms with Crippen molar-refractivity contribution in [1.82, 2.24) is 4.90 Å². The van der Waals surface area contributed by atoms with Gasteiger partial charge in [-0.2, -0.15) is 0 Å². The predicted molar refractivity (Wildman–Crippen MR) is 100 cm³/mol. The van der Waals surface area contributed by atoms with E-state index in [1.807, 2.05) is 0 Å². The number of aromatic hydroxyl groups is 1. The lowest BCUT2D eigenvalue weighted by molar-refractivity contribution is 0.0663. The van der Waals surface area contributed by atoms with E-state index in [-0.39, 0.29) is 35.0 Å². The number of methoxy groups -OCH3 is 1. The van der Waals surface area contributed by atoms with Crippen molar-refractivity contribution in [1.29, 1.82) is 0 Å². The van der Waals surface area contributed by atoms with Gasteiger partial charge in [-0.15, -0.1) is 0 Å². The molecule has 1 aliphatic heterocycles. The van der Waals surface area contributed by atoms with Crippen LogP contribution in [0.15, 0.2) is 51.7 Å². The van der Waals surface area contributed by atoms with Crippen LogP contribution < -0.4 is 5.43 Å². The molecule has 0 spiro atoms. The van der Waals surface area contributed by atoms with Crippen molar-refractivity contribution in [3.05, 3.63) is 74.6 Å². The van der Waals surface area contributed by atoms with Gasteiger partial charge in [0.1, 0.15) is 11.3 Å². The first kappa shape index (κ1) is 17.6. The minimum atomic E-state index is -0.672. The topological polar surface area (TPSA) is 80.0 Å². The Kier molecular flexibility index (Phi) is 4.37. The molecule has 138 valence electrons. The molecule has 3 aromatic rings. The zero-order valence-corrected chi connectivity index (χ0v) is 15.2. The van der Waals surface area contributed by atoms with Crippen LogP contribution in [-0.4, -0.2) is 36.2 Å². The van der Waals surface area contributed by atoms with Gasteiger partial charge in [0.05, 0.1) is 23.6 Å². The molecule has 1 amide bonds. The molecule has 6 nitrogen and oxygen atoms in total. The number of hydrogen-bond acceptors (Lipinski definition) is 5. The van der Waals surface area contributed by atoms with Gasteiger partial charge >= 0.3 is 0 Å². The maximum Gasteiger partial charge on any atom is 0.290 e. The van der Waals surface area contributed by atoms with E-state index < -0.39 is 6.04 Å². The Morgan fingerprint density at radius 2 is 2.04 bits per heavy atom. The summed E-state index contributed by atoms with van der Waals surface area (Å²) in [5.74, 6) is -0.322. The number of halogens is 1. The number of amides is 1. The molecule has 1 aliphatic rings. The smallest absolute Gasteiger partial charge is 0.290 e. The van der Waals surface area contributed by atoms with Crippen LogP contribution >= 0.6 is 11.6 Å². The molecule has 1 aromatic heterocycles. The molecule has 0 saturated carbocycles. The van der Waals surface area contributed by atoms with Gasteiger partial charge in [0.2, 0.25) is 5.76 Å². The molecule has 1 atom stereocenters. The maximum atomic E-state index is 13.2. The zero-order valence-electron chi connectivity index (χ0n) is 14.4. The van der Waals surface area contributed by atoms with Gasteiger partial charge in [-0.05, 0) is 35.9 Å². The van der Waals surface area contributed by atoms with Gasteiger partial charge in [0.15, 0.2) is 5.43 Å². The molecule has 1 unspecified atom stereocenters. The molecule has 0 radical (unpaired) electrons. The van der Waals surface area contributed by atoms with Crippen molar-refractivity contribution in [2.45, 2.75) is 6.04 Å². The number of carbonyl (C=O) groups excluding carboxylic acids is 1. The second-order valence-electron chi connectivity index (χ2n) is 6.30. The zero-order chi connectivity index (χ0) is 19.1. The fraction of sp³-hybridized carbons (Fsp3) is 0.200. The monoisotopic (exact) mass is 385 g/mol. The maximum absolute atomic E-state index is 13.2. The molecule has 0 fully saturated rings. The van der Waals surface area contributed by atoms with E-state index in [9.17, 15) is 14.7 Å². The lowest BCUT2D eigenvalue weighted by atomic mass is 9.98. The van der Waals surface area contributed by atoms with Crippen molar-refractivity contribution in [3.8, 4) is 5.75 Å². The Morgan fingerprint density at radius 1 is 1.22 bits per heavy atom. The summed E-state index contributed by atoms with van der Waals surface area (Å²) in [6, 6.07) is 10.5. The highest BCUT2D eigenvalue weighted by Gasteiger charge is 2.42. The van der Waals surface area contributed by atoms with E-state index in [0.29, 0.717) is 28.2 Å². The number of phenolic OH excluding ortho intramolecular Hbond substituents is 1. The number of nitrogens with zero attached hydrogens (tertiary/aromatic N) is 1. The largest absolute Gasteiger partial charge is 0.508 e. The number of hydrogen-bond donors (Lipinski definition) is 1. The minimum absolute atomic E-state index is 0.0132. The second kappa shape index (κ2) is 6.72. The Hall–Kier alpha value is -2.83. The number of fused-ring (bicyclic) bond motifs is 2. The van der Waals surface area contributed by atoms with E-state index in [1.165, 1.54) is 30.2 Å². The summed E-state index contributed by atoms with van der Waals surface area (Å²) in [6.07, 6.45) is 0. The normalized spacial score (nSPS) is 16.1. The number of benzene rings is 2. The Balaban J connectivity index is 1.99. The summed E-state index contributed by atoms with van der Waals surface area (Å²) < 4.78 is 10.9. The first-order valence-corrected chi connectivity index (χ1v) is 8.74. The lowest BCUT2D eigenvalue weighted by Crippen LogP contribution is -2.32. The summed E-state index contributed by atoms with van der Waals surface area (Å²) in [7, 11) is 1.54. The van der Waals surface area contributed by atoms with Crippen molar-refractivity contribution in [2.24, 2.45) is 0 Å². The molecule has 2 heterocycles. The van der Waals surface area contributed by atoms with Crippen LogP contribution in [-0.2, 0) is 4.74 Å². The summed E-state index contributed by atoms with van der Waals surface area (Å²) in [5, 5.41) is 10.6. The first-order valence-electron chi connectivity index (χ1n) is 8.36. The molecule has 0 bridgehead atoms. The quantitative estimate of drug-likeness (QED) is 0.745. The Bertz CT molecular complexity index is 1110. The third kappa shape index (κ3) is 2.87. The van der Waals surface area contributed by atoms with E-state index in [1.54, 1.807) is 24.3 Å². The Morgan fingerprint density at radius 3 is 2.78 bits per heavy atom. The molecule has 2 aromatic carbocycles. The highest BCUT2D eigenvalue weighted by molar-refractivity contribution is 6.31. The lowest BCUT2D eigenvalue weighted by Gasteiger charge is -2.24. The molecule has 27 heavy (non-hydrogen) atoms. The van der Waals surface area contributed by atoms with Crippen LogP contribution in [0.5, 0.6) is 5.75 Å². The van der Waals surface area contributed by atoms with Crippen LogP contribution in [0.25, 0.3) is 11.0 Å².